The monoisotopic (exact) mass is 316 g/mol. The predicted molar refractivity (Wildman–Crippen MR) is 88.5 cm³/mol. The standard InChI is InChI=1S/C17H20N2O2S/c1-3-15(14-9-7-13(2)8-10-14)18-16(20)12-22-17-6-4-5-11-19(17)21/h4-11,15H,3,12H2,1-2H3,(H,18,20). The molecular weight excluding hydrogens is 296 g/mol. The van der Waals surface area contributed by atoms with Crippen LogP contribution in [0.5, 0.6) is 0 Å². The topological polar surface area (TPSA) is 56.0 Å². The number of amides is 1. The fraction of sp³-hybridized carbons (Fsp3) is 0.294. The number of thioether (sulfide) groups is 1. The molecule has 2 aromatic rings. The van der Waals surface area contributed by atoms with E-state index in [2.05, 4.69) is 5.32 Å². The van der Waals surface area contributed by atoms with Crippen molar-refractivity contribution in [2.75, 3.05) is 5.75 Å². The molecule has 1 N–H and O–H groups in total. The van der Waals surface area contributed by atoms with E-state index in [-0.39, 0.29) is 17.7 Å². The molecule has 1 unspecified atom stereocenters. The molecule has 0 saturated carbocycles. The summed E-state index contributed by atoms with van der Waals surface area (Å²) < 4.78 is 0.773. The molecular formula is C17H20N2O2S. The lowest BCUT2D eigenvalue weighted by Crippen LogP contribution is -2.31. The number of nitrogens with one attached hydrogen (secondary N) is 1. The summed E-state index contributed by atoms with van der Waals surface area (Å²) in [6.45, 7) is 4.08. The lowest BCUT2D eigenvalue weighted by atomic mass is 10.0. The molecule has 0 fully saturated rings. The third-order valence-corrected chi connectivity index (χ3v) is 4.38. The molecule has 0 saturated heterocycles. The second-order valence-electron chi connectivity index (χ2n) is 5.09. The fourth-order valence-corrected chi connectivity index (χ4v) is 2.84. The van der Waals surface area contributed by atoms with Gasteiger partial charge in [0.2, 0.25) is 5.91 Å². The molecule has 1 aromatic carbocycles. The van der Waals surface area contributed by atoms with E-state index in [1.165, 1.54) is 23.5 Å². The van der Waals surface area contributed by atoms with Gasteiger partial charge in [0, 0.05) is 12.1 Å². The predicted octanol–water partition coefficient (Wildman–Crippen LogP) is 2.99. The first-order valence-electron chi connectivity index (χ1n) is 7.27. The summed E-state index contributed by atoms with van der Waals surface area (Å²) in [7, 11) is 0. The maximum atomic E-state index is 12.1. The van der Waals surface area contributed by atoms with Crippen molar-refractivity contribution in [2.24, 2.45) is 0 Å². The Balaban J connectivity index is 1.92. The van der Waals surface area contributed by atoms with E-state index in [1.54, 1.807) is 18.2 Å². The van der Waals surface area contributed by atoms with Crippen LogP contribution in [0.25, 0.3) is 0 Å². The minimum absolute atomic E-state index is 0.00356. The SMILES string of the molecule is CCC(NC(=O)CSc1cccc[n+]1[O-])c1ccc(C)cc1. The van der Waals surface area contributed by atoms with Gasteiger partial charge in [-0.2, -0.15) is 4.73 Å². The van der Waals surface area contributed by atoms with Crippen LogP contribution in [0.15, 0.2) is 53.7 Å². The van der Waals surface area contributed by atoms with Gasteiger partial charge < -0.3 is 10.5 Å². The van der Waals surface area contributed by atoms with Gasteiger partial charge in [-0.15, -0.1) is 0 Å². The van der Waals surface area contributed by atoms with Gasteiger partial charge in [0.05, 0.1) is 11.8 Å². The Morgan fingerprint density at radius 2 is 2.00 bits per heavy atom. The van der Waals surface area contributed by atoms with Crippen molar-refractivity contribution in [3.63, 3.8) is 0 Å². The van der Waals surface area contributed by atoms with E-state index < -0.39 is 0 Å². The van der Waals surface area contributed by atoms with Gasteiger partial charge in [-0.1, -0.05) is 36.8 Å². The minimum Gasteiger partial charge on any atom is -0.618 e. The highest BCUT2D eigenvalue weighted by Crippen LogP contribution is 2.18. The average Bonchev–Trinajstić information content (AvgIpc) is 2.53. The van der Waals surface area contributed by atoms with Crippen molar-refractivity contribution in [1.29, 1.82) is 0 Å². The number of hydrogen-bond acceptors (Lipinski definition) is 3. The van der Waals surface area contributed by atoms with Gasteiger partial charge in [-0.05, 0) is 36.7 Å². The molecule has 1 atom stereocenters. The Hall–Kier alpha value is -2.01. The third-order valence-electron chi connectivity index (χ3n) is 3.36. The first-order valence-corrected chi connectivity index (χ1v) is 8.25. The van der Waals surface area contributed by atoms with Crippen LogP contribution in [0.4, 0.5) is 0 Å². The lowest BCUT2D eigenvalue weighted by molar-refractivity contribution is -0.645. The van der Waals surface area contributed by atoms with Crippen molar-refractivity contribution in [1.82, 2.24) is 5.32 Å². The lowest BCUT2D eigenvalue weighted by Gasteiger charge is -2.17. The molecule has 0 bridgehead atoms. The molecule has 22 heavy (non-hydrogen) atoms. The van der Waals surface area contributed by atoms with E-state index in [4.69, 9.17) is 0 Å². The molecule has 5 heteroatoms. The molecule has 0 aliphatic heterocycles. The Morgan fingerprint density at radius 3 is 2.64 bits per heavy atom. The number of benzene rings is 1. The minimum atomic E-state index is -0.0683. The fourth-order valence-electron chi connectivity index (χ4n) is 2.12. The maximum Gasteiger partial charge on any atom is 0.251 e. The highest BCUT2D eigenvalue weighted by atomic mass is 32.2. The van der Waals surface area contributed by atoms with Crippen LogP contribution in [-0.4, -0.2) is 11.7 Å². The van der Waals surface area contributed by atoms with Gasteiger partial charge in [0.15, 0.2) is 6.20 Å². The number of pyridine rings is 1. The molecule has 1 heterocycles. The van der Waals surface area contributed by atoms with Gasteiger partial charge >= 0.3 is 0 Å². The first kappa shape index (κ1) is 16.4. The second-order valence-corrected chi connectivity index (χ2v) is 6.09. The van der Waals surface area contributed by atoms with E-state index in [0.29, 0.717) is 5.03 Å². The summed E-state index contributed by atoms with van der Waals surface area (Å²) in [5, 5.41) is 15.1. The Kier molecular flexibility index (Phi) is 5.83. The number of hydrogen-bond donors (Lipinski definition) is 1. The van der Waals surface area contributed by atoms with Crippen LogP contribution in [0.2, 0.25) is 0 Å². The molecule has 4 nitrogen and oxygen atoms in total. The van der Waals surface area contributed by atoms with Crippen molar-refractivity contribution in [3.05, 3.63) is 65.0 Å². The smallest absolute Gasteiger partial charge is 0.251 e. The summed E-state index contributed by atoms with van der Waals surface area (Å²) in [5.74, 6) is 0.163. The first-order chi connectivity index (χ1) is 10.6. The van der Waals surface area contributed by atoms with Gasteiger partial charge in [-0.3, -0.25) is 4.79 Å². The van der Waals surface area contributed by atoms with Crippen LogP contribution in [0.3, 0.4) is 0 Å². The van der Waals surface area contributed by atoms with E-state index in [9.17, 15) is 10.0 Å². The molecule has 1 aromatic heterocycles. The summed E-state index contributed by atoms with van der Waals surface area (Å²) in [6.07, 6.45) is 2.26. The van der Waals surface area contributed by atoms with Gasteiger partial charge in [-0.25, -0.2) is 0 Å². The number of carbonyl (C=O) groups is 1. The van der Waals surface area contributed by atoms with Crippen LogP contribution in [0, 0.1) is 12.1 Å². The molecule has 1 amide bonds. The Bertz CT molecular complexity index is 629. The Morgan fingerprint density at radius 1 is 1.27 bits per heavy atom. The molecule has 2 rings (SSSR count). The van der Waals surface area contributed by atoms with Gasteiger partial charge in [0.1, 0.15) is 0 Å². The summed E-state index contributed by atoms with van der Waals surface area (Å²) >= 11 is 1.24. The average molecular weight is 316 g/mol. The normalized spacial score (nSPS) is 11.9. The Labute approximate surface area is 135 Å². The number of rotatable bonds is 6. The van der Waals surface area contributed by atoms with Crippen LogP contribution in [-0.2, 0) is 4.79 Å². The van der Waals surface area contributed by atoms with Crippen LogP contribution < -0.4 is 10.0 Å². The molecule has 0 aliphatic carbocycles. The van der Waals surface area contributed by atoms with Crippen molar-refractivity contribution in [3.8, 4) is 0 Å². The number of carbonyl (C=O) groups excluding carboxylic acids is 1. The van der Waals surface area contributed by atoms with E-state index >= 15 is 0 Å². The summed E-state index contributed by atoms with van der Waals surface area (Å²) in [4.78, 5) is 12.1. The van der Waals surface area contributed by atoms with Crippen molar-refractivity contribution < 1.29 is 9.52 Å². The summed E-state index contributed by atoms with van der Waals surface area (Å²) in [5.41, 5.74) is 2.30. The van der Waals surface area contributed by atoms with Gasteiger partial charge in [0.25, 0.3) is 5.03 Å². The number of aryl methyl sites for hydroxylation is 1. The number of aromatic nitrogens is 1. The zero-order valence-corrected chi connectivity index (χ0v) is 13.6. The third kappa shape index (κ3) is 4.49. The number of nitrogens with zero attached hydrogens (tertiary/aromatic N) is 1. The van der Waals surface area contributed by atoms with E-state index in [0.717, 1.165) is 16.7 Å². The highest BCUT2D eigenvalue weighted by Gasteiger charge is 2.14. The molecule has 0 aliphatic rings. The highest BCUT2D eigenvalue weighted by molar-refractivity contribution is 7.99. The van der Waals surface area contributed by atoms with E-state index in [1.807, 2.05) is 38.1 Å². The zero-order chi connectivity index (χ0) is 15.9. The summed E-state index contributed by atoms with van der Waals surface area (Å²) in [6, 6.07) is 13.3. The quantitative estimate of drug-likeness (QED) is 0.506. The van der Waals surface area contributed by atoms with Crippen molar-refractivity contribution >= 4 is 17.7 Å². The largest absolute Gasteiger partial charge is 0.618 e. The zero-order valence-electron chi connectivity index (χ0n) is 12.8. The molecule has 0 spiro atoms. The van der Waals surface area contributed by atoms with Crippen molar-refractivity contribution in [2.45, 2.75) is 31.3 Å². The van der Waals surface area contributed by atoms with Crippen LogP contribution in [0.1, 0.15) is 30.5 Å². The molecule has 116 valence electrons. The maximum absolute atomic E-state index is 12.1. The molecule has 0 radical (unpaired) electrons. The second kappa shape index (κ2) is 7.84. The van der Waals surface area contributed by atoms with Crippen LogP contribution >= 0.6 is 11.8 Å².